The second-order valence-corrected chi connectivity index (χ2v) is 3.90. The normalized spacial score (nSPS) is 14.3. The largest absolute Gasteiger partial charge is 0.479 e. The summed E-state index contributed by atoms with van der Waals surface area (Å²) in [6, 6.07) is 0. The summed E-state index contributed by atoms with van der Waals surface area (Å²) >= 11 is 0. The quantitative estimate of drug-likeness (QED) is 0.683. The van der Waals surface area contributed by atoms with Gasteiger partial charge in [0, 0.05) is 26.6 Å². The summed E-state index contributed by atoms with van der Waals surface area (Å²) in [7, 11) is 2.75. The highest BCUT2D eigenvalue weighted by atomic mass is 16.5. The Morgan fingerprint density at radius 2 is 2.00 bits per heavy atom. The predicted molar refractivity (Wildman–Crippen MR) is 59.1 cm³/mol. The molecule has 1 aromatic heterocycles. The molecule has 0 amide bonds. The van der Waals surface area contributed by atoms with Crippen molar-refractivity contribution in [3.8, 4) is 0 Å². The number of ether oxygens (including phenoxy) is 1. The predicted octanol–water partition coefficient (Wildman–Crippen LogP) is -1.01. The van der Waals surface area contributed by atoms with Gasteiger partial charge in [-0.3, -0.25) is 14.2 Å². The van der Waals surface area contributed by atoms with E-state index in [-0.39, 0.29) is 6.61 Å². The van der Waals surface area contributed by atoms with Crippen molar-refractivity contribution in [2.45, 2.75) is 12.5 Å². The Bertz CT molecular complexity index is 544. The molecular formula is C10H14N2O5. The molecule has 0 saturated carbocycles. The molecule has 1 heterocycles. The minimum absolute atomic E-state index is 0.213. The molecule has 0 aliphatic rings. The molecule has 1 rings (SSSR count). The molecule has 1 unspecified atom stereocenters. The van der Waals surface area contributed by atoms with E-state index in [2.05, 4.69) is 0 Å². The van der Waals surface area contributed by atoms with Gasteiger partial charge < -0.3 is 14.4 Å². The van der Waals surface area contributed by atoms with E-state index in [0.717, 1.165) is 9.13 Å². The van der Waals surface area contributed by atoms with Crippen molar-refractivity contribution in [3.63, 3.8) is 0 Å². The summed E-state index contributed by atoms with van der Waals surface area (Å²) in [5, 5.41) is 9.15. The minimum atomic E-state index is -1.60. The lowest BCUT2D eigenvalue weighted by atomic mass is 10.0. The van der Waals surface area contributed by atoms with Crippen LogP contribution < -0.4 is 11.1 Å². The number of hydrogen-bond donors (Lipinski definition) is 1. The van der Waals surface area contributed by atoms with Crippen LogP contribution in [0.4, 0.5) is 0 Å². The second kappa shape index (κ2) is 4.54. The number of hydrogen-bond acceptors (Lipinski definition) is 4. The van der Waals surface area contributed by atoms with Crippen LogP contribution >= 0.6 is 0 Å². The van der Waals surface area contributed by atoms with Gasteiger partial charge in [-0.15, -0.1) is 0 Å². The van der Waals surface area contributed by atoms with E-state index < -0.39 is 22.6 Å². The molecule has 0 radical (unpaired) electrons. The van der Waals surface area contributed by atoms with Gasteiger partial charge in [0.2, 0.25) is 0 Å². The van der Waals surface area contributed by atoms with Gasteiger partial charge in [0.25, 0.3) is 0 Å². The van der Waals surface area contributed by atoms with Crippen molar-refractivity contribution in [2.24, 2.45) is 7.05 Å². The van der Waals surface area contributed by atoms with E-state index in [4.69, 9.17) is 9.84 Å². The summed E-state index contributed by atoms with van der Waals surface area (Å²) < 4.78 is 6.77. The fraction of sp³-hybridized carbons (Fsp3) is 0.500. The van der Waals surface area contributed by atoms with Crippen molar-refractivity contribution >= 4 is 5.97 Å². The van der Waals surface area contributed by atoms with Crippen LogP contribution in [0.15, 0.2) is 22.0 Å². The van der Waals surface area contributed by atoms with Crippen LogP contribution in [-0.4, -0.2) is 33.9 Å². The molecule has 1 atom stereocenters. The van der Waals surface area contributed by atoms with Crippen LogP contribution in [0.25, 0.3) is 0 Å². The maximum atomic E-state index is 11.7. The van der Waals surface area contributed by atoms with Crippen LogP contribution in [0.5, 0.6) is 0 Å². The van der Waals surface area contributed by atoms with Gasteiger partial charge in [-0.25, -0.2) is 4.79 Å². The smallest absolute Gasteiger partial charge is 0.332 e. The average molecular weight is 242 g/mol. The zero-order valence-corrected chi connectivity index (χ0v) is 9.84. The lowest BCUT2D eigenvalue weighted by Gasteiger charge is -2.26. The summed E-state index contributed by atoms with van der Waals surface area (Å²) in [5.74, 6) is -1.24. The Balaban J connectivity index is 3.51. The number of aliphatic carboxylic acids is 1. The van der Waals surface area contributed by atoms with Gasteiger partial charge in [-0.05, 0) is 6.92 Å². The van der Waals surface area contributed by atoms with Gasteiger partial charge in [0.05, 0.1) is 6.61 Å². The van der Waals surface area contributed by atoms with Crippen LogP contribution in [0.2, 0.25) is 0 Å². The zero-order valence-electron chi connectivity index (χ0n) is 9.84. The number of rotatable bonds is 4. The Morgan fingerprint density at radius 3 is 2.47 bits per heavy atom. The van der Waals surface area contributed by atoms with Crippen LogP contribution in [0.3, 0.4) is 0 Å². The lowest BCUT2D eigenvalue weighted by Crippen LogP contribution is -2.53. The molecule has 17 heavy (non-hydrogen) atoms. The van der Waals surface area contributed by atoms with Crippen LogP contribution in [0, 0.1) is 0 Å². The van der Waals surface area contributed by atoms with E-state index in [0.29, 0.717) is 0 Å². The fourth-order valence-corrected chi connectivity index (χ4v) is 1.46. The SMILES string of the molecule is COCC(C)(C(=O)O)n1ccn(C)c(=O)c1=O. The van der Waals surface area contributed by atoms with E-state index in [1.54, 1.807) is 0 Å². The minimum Gasteiger partial charge on any atom is -0.479 e. The maximum absolute atomic E-state index is 11.7. The van der Waals surface area contributed by atoms with Crippen molar-refractivity contribution in [2.75, 3.05) is 13.7 Å². The van der Waals surface area contributed by atoms with Gasteiger partial charge >= 0.3 is 17.1 Å². The Morgan fingerprint density at radius 1 is 1.41 bits per heavy atom. The number of aryl methyl sites for hydroxylation is 1. The fourth-order valence-electron chi connectivity index (χ4n) is 1.46. The van der Waals surface area contributed by atoms with E-state index in [9.17, 15) is 14.4 Å². The molecule has 7 nitrogen and oxygen atoms in total. The standard InChI is InChI=1S/C10H14N2O5/c1-10(6-17-3,9(15)16)12-5-4-11(2)7(13)8(12)14/h4-5H,6H2,1-3H3,(H,15,16). The molecule has 1 aromatic rings. The lowest BCUT2D eigenvalue weighted by molar-refractivity contribution is -0.149. The van der Waals surface area contributed by atoms with Crippen LogP contribution in [-0.2, 0) is 22.1 Å². The van der Waals surface area contributed by atoms with E-state index in [1.165, 1.54) is 33.5 Å². The third-order valence-corrected chi connectivity index (χ3v) is 2.58. The molecule has 94 valence electrons. The van der Waals surface area contributed by atoms with E-state index >= 15 is 0 Å². The molecule has 1 N–H and O–H groups in total. The summed E-state index contributed by atoms with van der Waals surface area (Å²) in [6.07, 6.45) is 2.59. The third kappa shape index (κ3) is 2.14. The molecule has 0 aliphatic carbocycles. The number of carboxylic acid groups (broad SMARTS) is 1. The molecule has 7 heteroatoms. The van der Waals surface area contributed by atoms with Crippen molar-refractivity contribution in [1.82, 2.24) is 9.13 Å². The number of methoxy groups -OCH3 is 1. The molecule has 0 aliphatic heterocycles. The Labute approximate surface area is 96.9 Å². The number of nitrogens with zero attached hydrogens (tertiary/aromatic N) is 2. The monoisotopic (exact) mass is 242 g/mol. The van der Waals surface area contributed by atoms with E-state index in [1.807, 2.05) is 0 Å². The first kappa shape index (κ1) is 13.2. The molecule has 0 bridgehead atoms. The Kier molecular flexibility index (Phi) is 3.52. The first-order valence-electron chi connectivity index (χ1n) is 4.85. The summed E-state index contributed by atoms with van der Waals surface area (Å²) in [4.78, 5) is 34.4. The second-order valence-electron chi connectivity index (χ2n) is 3.90. The first-order chi connectivity index (χ1) is 7.84. The first-order valence-corrected chi connectivity index (χ1v) is 4.85. The average Bonchev–Trinajstić information content (AvgIpc) is 2.26. The highest BCUT2D eigenvalue weighted by Crippen LogP contribution is 2.13. The zero-order chi connectivity index (χ0) is 13.2. The van der Waals surface area contributed by atoms with Gasteiger partial charge in [-0.2, -0.15) is 0 Å². The molecule has 0 aromatic carbocycles. The van der Waals surface area contributed by atoms with Crippen molar-refractivity contribution in [1.29, 1.82) is 0 Å². The molecular weight excluding hydrogens is 228 g/mol. The van der Waals surface area contributed by atoms with Crippen LogP contribution in [0.1, 0.15) is 6.92 Å². The number of carboxylic acids is 1. The summed E-state index contributed by atoms with van der Waals surface area (Å²) in [6.45, 7) is 1.11. The molecule has 0 fully saturated rings. The van der Waals surface area contributed by atoms with Gasteiger partial charge in [-0.1, -0.05) is 0 Å². The topological polar surface area (TPSA) is 90.5 Å². The highest BCUT2D eigenvalue weighted by Gasteiger charge is 2.36. The van der Waals surface area contributed by atoms with Gasteiger partial charge in [0.1, 0.15) is 0 Å². The maximum Gasteiger partial charge on any atom is 0.332 e. The van der Waals surface area contributed by atoms with Crippen molar-refractivity contribution in [3.05, 3.63) is 33.1 Å². The Hall–Kier alpha value is -1.89. The number of carbonyl (C=O) groups is 1. The van der Waals surface area contributed by atoms with Gasteiger partial charge in [0.15, 0.2) is 5.54 Å². The molecule has 0 saturated heterocycles. The third-order valence-electron chi connectivity index (χ3n) is 2.58. The highest BCUT2D eigenvalue weighted by molar-refractivity contribution is 5.76. The molecule has 0 spiro atoms. The summed E-state index contributed by atoms with van der Waals surface area (Å²) in [5.41, 5.74) is -3.27. The number of aromatic nitrogens is 2. The van der Waals surface area contributed by atoms with Crippen molar-refractivity contribution < 1.29 is 14.6 Å².